The molecule has 0 unspecified atom stereocenters. The van der Waals surface area contributed by atoms with Gasteiger partial charge in [-0.25, -0.2) is 18.1 Å². The molecule has 0 spiro atoms. The Hall–Kier alpha value is -2.93. The van der Waals surface area contributed by atoms with E-state index in [-0.39, 0.29) is 31.4 Å². The van der Waals surface area contributed by atoms with Crippen LogP contribution in [0.15, 0.2) is 24.4 Å². The first-order valence-electron chi connectivity index (χ1n) is 8.34. The molecule has 9 nitrogen and oxygen atoms in total. The first-order valence-corrected chi connectivity index (χ1v) is 10.2. The molecule has 0 radical (unpaired) electrons. The van der Waals surface area contributed by atoms with Crippen molar-refractivity contribution in [2.45, 2.75) is 12.6 Å². The summed E-state index contributed by atoms with van der Waals surface area (Å²) in [5.41, 5.74) is 0.850. The molecule has 1 amide bonds. The second-order valence-corrected chi connectivity index (χ2v) is 8.10. The molecule has 1 aromatic heterocycles. The quantitative estimate of drug-likeness (QED) is 0.493. The summed E-state index contributed by atoms with van der Waals surface area (Å²) in [6.45, 7) is -0.228. The minimum absolute atomic E-state index is 0.0891. The number of nitrogens with one attached hydrogen (secondary N) is 4. The molecule has 4 N–H and O–H groups in total. The summed E-state index contributed by atoms with van der Waals surface area (Å²) in [4.78, 5) is 19.0. The molecule has 2 heterocycles. The molecule has 1 aliphatic heterocycles. The number of hydrogen-bond donors (Lipinski definition) is 4. The summed E-state index contributed by atoms with van der Waals surface area (Å²) in [5, 5.41) is 7.95. The third kappa shape index (κ3) is 5.54. The van der Waals surface area contributed by atoms with Gasteiger partial charge in [-0.2, -0.15) is 18.2 Å². The first kappa shape index (κ1) is 20.8. The van der Waals surface area contributed by atoms with Gasteiger partial charge in [0.15, 0.2) is 0 Å². The van der Waals surface area contributed by atoms with Crippen LogP contribution in [0.3, 0.4) is 0 Å². The number of amides is 1. The number of nitrogens with zero attached hydrogens (tertiary/aromatic N) is 2. The Balaban J connectivity index is 1.77. The zero-order valence-electron chi connectivity index (χ0n) is 15.1. The highest BCUT2D eigenvalue weighted by Crippen LogP contribution is 2.34. The maximum Gasteiger partial charge on any atom is 0.421 e. The number of benzene rings is 1. The third-order valence-electron chi connectivity index (χ3n) is 3.86. The average molecular weight is 430 g/mol. The molecule has 3 rings (SSSR count). The highest BCUT2D eigenvalue weighted by atomic mass is 32.2. The average Bonchev–Trinajstić information content (AvgIpc) is 2.96. The highest BCUT2D eigenvalue weighted by Gasteiger charge is 2.35. The number of anilines is 4. The van der Waals surface area contributed by atoms with E-state index in [1.54, 1.807) is 18.2 Å². The van der Waals surface area contributed by atoms with Gasteiger partial charge in [-0.15, -0.1) is 0 Å². The normalized spacial score (nSPS) is 13.7. The molecular formula is C16H17F3N6O3S. The van der Waals surface area contributed by atoms with Crippen LogP contribution in [-0.2, 0) is 27.4 Å². The molecule has 0 fully saturated rings. The van der Waals surface area contributed by atoms with Gasteiger partial charge in [0.25, 0.3) is 0 Å². The number of carbonyl (C=O) groups is 1. The number of sulfonamides is 1. The van der Waals surface area contributed by atoms with Crippen molar-refractivity contribution in [1.82, 2.24) is 14.7 Å². The van der Waals surface area contributed by atoms with E-state index in [0.29, 0.717) is 17.6 Å². The maximum absolute atomic E-state index is 13.2. The van der Waals surface area contributed by atoms with Gasteiger partial charge in [0.05, 0.1) is 12.7 Å². The summed E-state index contributed by atoms with van der Waals surface area (Å²) in [6, 6.07) is 4.98. The third-order valence-corrected chi connectivity index (χ3v) is 4.59. The lowest BCUT2D eigenvalue weighted by molar-refractivity contribution is -0.137. The standard InChI is InChI=1S/C16H17F3N6O3S/c1-29(27,28)22-5-4-20-14-11(16(17,18)19)8-21-15(25-14)23-10-2-3-12-9(6-10)7-13(26)24-12/h2-3,6,8,22H,4-5,7H2,1H3,(H,24,26)(H2,20,21,23,25). The van der Waals surface area contributed by atoms with Gasteiger partial charge in [-0.3, -0.25) is 4.79 Å². The molecule has 0 saturated carbocycles. The van der Waals surface area contributed by atoms with E-state index in [0.717, 1.165) is 11.8 Å². The van der Waals surface area contributed by atoms with E-state index in [1.165, 1.54) is 0 Å². The number of alkyl halides is 3. The van der Waals surface area contributed by atoms with E-state index in [2.05, 4.69) is 30.6 Å². The summed E-state index contributed by atoms with van der Waals surface area (Å²) >= 11 is 0. The number of rotatable bonds is 7. The van der Waals surface area contributed by atoms with Gasteiger partial charge in [0.2, 0.25) is 21.9 Å². The lowest BCUT2D eigenvalue weighted by Gasteiger charge is -2.15. The van der Waals surface area contributed by atoms with Crippen LogP contribution in [0.4, 0.5) is 36.3 Å². The van der Waals surface area contributed by atoms with Gasteiger partial charge >= 0.3 is 6.18 Å². The summed E-state index contributed by atoms with van der Waals surface area (Å²) in [6.07, 6.45) is -2.90. The number of aromatic nitrogens is 2. The van der Waals surface area contributed by atoms with E-state index in [4.69, 9.17) is 0 Å². The van der Waals surface area contributed by atoms with Crippen molar-refractivity contribution in [3.63, 3.8) is 0 Å². The fraction of sp³-hybridized carbons (Fsp3) is 0.312. The Morgan fingerprint density at radius 3 is 2.69 bits per heavy atom. The Bertz CT molecular complexity index is 1040. The van der Waals surface area contributed by atoms with E-state index >= 15 is 0 Å². The second-order valence-electron chi connectivity index (χ2n) is 6.27. The van der Waals surface area contributed by atoms with Crippen LogP contribution in [0.5, 0.6) is 0 Å². The molecular weight excluding hydrogens is 413 g/mol. The van der Waals surface area contributed by atoms with Crippen molar-refractivity contribution in [2.24, 2.45) is 0 Å². The van der Waals surface area contributed by atoms with Crippen LogP contribution in [0.1, 0.15) is 11.1 Å². The first-order chi connectivity index (χ1) is 13.5. The highest BCUT2D eigenvalue weighted by molar-refractivity contribution is 7.88. The molecule has 1 aromatic carbocycles. The fourth-order valence-electron chi connectivity index (χ4n) is 2.64. The summed E-state index contributed by atoms with van der Waals surface area (Å²) in [7, 11) is -3.46. The number of carbonyl (C=O) groups excluding carboxylic acids is 1. The van der Waals surface area contributed by atoms with Crippen molar-refractivity contribution in [1.29, 1.82) is 0 Å². The lowest BCUT2D eigenvalue weighted by atomic mass is 10.1. The van der Waals surface area contributed by atoms with Crippen LogP contribution < -0.4 is 20.7 Å². The SMILES string of the molecule is CS(=O)(=O)NCCNc1nc(Nc2ccc3c(c2)CC(=O)N3)ncc1C(F)(F)F. The van der Waals surface area contributed by atoms with Gasteiger partial charge in [0, 0.05) is 30.7 Å². The zero-order valence-corrected chi connectivity index (χ0v) is 15.9. The second kappa shape index (κ2) is 7.83. The number of fused-ring (bicyclic) bond motifs is 1. The fourth-order valence-corrected chi connectivity index (χ4v) is 3.11. The molecule has 13 heteroatoms. The monoisotopic (exact) mass is 430 g/mol. The van der Waals surface area contributed by atoms with Crippen molar-refractivity contribution < 1.29 is 26.4 Å². The molecule has 0 bridgehead atoms. The van der Waals surface area contributed by atoms with E-state index in [9.17, 15) is 26.4 Å². The lowest BCUT2D eigenvalue weighted by Crippen LogP contribution is -2.28. The van der Waals surface area contributed by atoms with Crippen LogP contribution in [0.25, 0.3) is 0 Å². The molecule has 0 saturated heterocycles. The predicted molar refractivity (Wildman–Crippen MR) is 100 cm³/mol. The van der Waals surface area contributed by atoms with Gasteiger partial charge in [-0.1, -0.05) is 0 Å². The molecule has 156 valence electrons. The summed E-state index contributed by atoms with van der Waals surface area (Å²) in [5.74, 6) is -0.714. The number of halogens is 3. The van der Waals surface area contributed by atoms with E-state index in [1.807, 2.05) is 0 Å². The van der Waals surface area contributed by atoms with Crippen molar-refractivity contribution >= 4 is 39.1 Å². The van der Waals surface area contributed by atoms with Crippen LogP contribution in [0, 0.1) is 0 Å². The Labute approximate surface area is 164 Å². The molecule has 2 aromatic rings. The summed E-state index contributed by atoms with van der Waals surface area (Å²) < 4.78 is 63.9. The Morgan fingerprint density at radius 2 is 2.00 bits per heavy atom. The molecule has 0 atom stereocenters. The molecule has 29 heavy (non-hydrogen) atoms. The topological polar surface area (TPSA) is 125 Å². The van der Waals surface area contributed by atoms with Gasteiger partial charge in [0.1, 0.15) is 11.4 Å². The van der Waals surface area contributed by atoms with Crippen molar-refractivity contribution in [3.05, 3.63) is 35.5 Å². The van der Waals surface area contributed by atoms with Crippen LogP contribution in [0.2, 0.25) is 0 Å². The molecule has 0 aliphatic carbocycles. The minimum Gasteiger partial charge on any atom is -0.368 e. The maximum atomic E-state index is 13.2. The van der Waals surface area contributed by atoms with Gasteiger partial charge < -0.3 is 16.0 Å². The largest absolute Gasteiger partial charge is 0.421 e. The zero-order chi connectivity index (χ0) is 21.2. The Kier molecular flexibility index (Phi) is 5.61. The smallest absolute Gasteiger partial charge is 0.368 e. The number of hydrogen-bond acceptors (Lipinski definition) is 7. The molecule has 1 aliphatic rings. The van der Waals surface area contributed by atoms with Crippen molar-refractivity contribution in [2.75, 3.05) is 35.3 Å². The van der Waals surface area contributed by atoms with Crippen LogP contribution >= 0.6 is 0 Å². The predicted octanol–water partition coefficient (Wildman–Crippen LogP) is 1.69. The Morgan fingerprint density at radius 1 is 1.24 bits per heavy atom. The minimum atomic E-state index is -4.69. The van der Waals surface area contributed by atoms with Gasteiger partial charge in [-0.05, 0) is 23.8 Å². The van der Waals surface area contributed by atoms with Crippen LogP contribution in [-0.4, -0.2) is 43.6 Å². The van der Waals surface area contributed by atoms with E-state index < -0.39 is 27.6 Å². The van der Waals surface area contributed by atoms with Crippen molar-refractivity contribution in [3.8, 4) is 0 Å².